The Labute approximate surface area is 155 Å². The van der Waals surface area contributed by atoms with Crippen LogP contribution in [-0.4, -0.2) is 43.9 Å². The average Bonchev–Trinajstić information content (AvgIpc) is 2.65. The predicted molar refractivity (Wildman–Crippen MR) is 99.9 cm³/mol. The van der Waals surface area contributed by atoms with Gasteiger partial charge in [0.15, 0.2) is 0 Å². The Morgan fingerprint density at radius 3 is 2.12 bits per heavy atom. The van der Waals surface area contributed by atoms with Gasteiger partial charge in [0.25, 0.3) is 15.9 Å². The van der Waals surface area contributed by atoms with Crippen molar-refractivity contribution >= 4 is 15.9 Å². The zero-order valence-corrected chi connectivity index (χ0v) is 16.2. The summed E-state index contributed by atoms with van der Waals surface area (Å²) < 4.78 is 25.2. The molecular weight excluding hydrogens is 352 g/mol. The van der Waals surface area contributed by atoms with Crippen LogP contribution in [0.15, 0.2) is 59.5 Å². The largest absolute Gasteiger partial charge is 0.332 e. The molecule has 0 aliphatic carbocycles. The molecule has 2 rings (SSSR count). The van der Waals surface area contributed by atoms with Gasteiger partial charge in [-0.2, -0.15) is 0 Å². The molecule has 0 bridgehead atoms. The van der Waals surface area contributed by atoms with E-state index >= 15 is 0 Å². The molecule has 0 heterocycles. The standard InChI is InChI=1S/C19H24N2O4S/c1-15(2)21(14-16-8-6-5-7-9-16)19(22)17-10-12-18(13-11-17)26(23,24)20(3)25-4/h5-13,15H,14H2,1-4H3. The number of sulfonamides is 1. The van der Waals surface area contributed by atoms with Crippen LogP contribution in [0.25, 0.3) is 0 Å². The highest BCUT2D eigenvalue weighted by Crippen LogP contribution is 2.18. The third kappa shape index (κ3) is 4.49. The molecule has 0 radical (unpaired) electrons. The highest BCUT2D eigenvalue weighted by Gasteiger charge is 2.23. The molecule has 7 heteroatoms. The maximum absolute atomic E-state index is 12.9. The van der Waals surface area contributed by atoms with Crippen molar-refractivity contribution in [2.45, 2.75) is 31.3 Å². The Hall–Kier alpha value is -2.22. The number of hydrogen-bond acceptors (Lipinski definition) is 4. The van der Waals surface area contributed by atoms with Crippen molar-refractivity contribution in [2.24, 2.45) is 0 Å². The highest BCUT2D eigenvalue weighted by atomic mass is 32.2. The van der Waals surface area contributed by atoms with Crippen LogP contribution in [0.1, 0.15) is 29.8 Å². The Bertz CT molecular complexity index is 834. The summed E-state index contributed by atoms with van der Waals surface area (Å²) in [6, 6.07) is 15.6. The second kappa shape index (κ2) is 8.44. The Kier molecular flexibility index (Phi) is 6.52. The summed E-state index contributed by atoms with van der Waals surface area (Å²) in [5.41, 5.74) is 1.48. The molecule has 2 aromatic carbocycles. The number of nitrogens with zero attached hydrogens (tertiary/aromatic N) is 2. The number of carbonyl (C=O) groups is 1. The number of carbonyl (C=O) groups excluding carboxylic acids is 1. The minimum Gasteiger partial charge on any atom is -0.332 e. The summed E-state index contributed by atoms with van der Waals surface area (Å²) in [5, 5.41) is 0. The normalized spacial score (nSPS) is 11.8. The summed E-state index contributed by atoms with van der Waals surface area (Å²) in [7, 11) is -1.14. The highest BCUT2D eigenvalue weighted by molar-refractivity contribution is 7.89. The SMILES string of the molecule is CON(C)S(=O)(=O)c1ccc(C(=O)N(Cc2ccccc2)C(C)C)cc1. The van der Waals surface area contributed by atoms with E-state index in [1.807, 2.05) is 44.2 Å². The predicted octanol–water partition coefficient (Wildman–Crippen LogP) is 2.92. The minimum atomic E-state index is -3.73. The van der Waals surface area contributed by atoms with Crippen LogP contribution in [-0.2, 0) is 21.4 Å². The second-order valence-corrected chi connectivity index (χ2v) is 8.07. The minimum absolute atomic E-state index is 0.00531. The molecule has 26 heavy (non-hydrogen) atoms. The van der Waals surface area contributed by atoms with Gasteiger partial charge >= 0.3 is 0 Å². The molecule has 0 N–H and O–H groups in total. The van der Waals surface area contributed by atoms with Crippen LogP contribution in [0.4, 0.5) is 0 Å². The molecular formula is C19H24N2O4S. The Morgan fingerprint density at radius 2 is 1.62 bits per heavy atom. The fourth-order valence-corrected chi connectivity index (χ4v) is 3.42. The fourth-order valence-electron chi connectivity index (χ4n) is 2.45. The quantitative estimate of drug-likeness (QED) is 0.697. The van der Waals surface area contributed by atoms with E-state index in [1.54, 1.807) is 4.90 Å². The zero-order chi connectivity index (χ0) is 19.3. The lowest BCUT2D eigenvalue weighted by atomic mass is 10.1. The number of rotatable bonds is 7. The summed E-state index contributed by atoms with van der Waals surface area (Å²) in [6.07, 6.45) is 0. The molecule has 0 saturated heterocycles. The van der Waals surface area contributed by atoms with E-state index in [4.69, 9.17) is 4.84 Å². The second-order valence-electron chi connectivity index (χ2n) is 6.13. The summed E-state index contributed by atoms with van der Waals surface area (Å²) in [5.74, 6) is -0.145. The van der Waals surface area contributed by atoms with Crippen molar-refractivity contribution in [1.29, 1.82) is 0 Å². The van der Waals surface area contributed by atoms with Gasteiger partial charge in [-0.25, -0.2) is 8.42 Å². The van der Waals surface area contributed by atoms with Crippen molar-refractivity contribution in [2.75, 3.05) is 14.2 Å². The van der Waals surface area contributed by atoms with Gasteiger partial charge in [0.1, 0.15) is 0 Å². The van der Waals surface area contributed by atoms with E-state index < -0.39 is 10.0 Å². The van der Waals surface area contributed by atoms with Crippen molar-refractivity contribution in [3.05, 3.63) is 65.7 Å². The monoisotopic (exact) mass is 376 g/mol. The van der Waals surface area contributed by atoms with Crippen LogP contribution in [0.2, 0.25) is 0 Å². The smallest absolute Gasteiger partial charge is 0.264 e. The summed E-state index contributed by atoms with van der Waals surface area (Å²) >= 11 is 0. The van der Waals surface area contributed by atoms with Gasteiger partial charge < -0.3 is 4.90 Å². The van der Waals surface area contributed by atoms with Crippen LogP contribution in [0.5, 0.6) is 0 Å². The van der Waals surface area contributed by atoms with Crippen LogP contribution in [0.3, 0.4) is 0 Å². The Balaban J connectivity index is 2.24. The molecule has 0 fully saturated rings. The molecule has 0 aromatic heterocycles. The number of hydrogen-bond donors (Lipinski definition) is 0. The number of hydroxylamine groups is 1. The molecule has 0 aliphatic heterocycles. The van der Waals surface area contributed by atoms with Crippen LogP contribution >= 0.6 is 0 Å². The molecule has 6 nitrogen and oxygen atoms in total. The molecule has 2 aromatic rings. The van der Waals surface area contributed by atoms with Gasteiger partial charge in [0, 0.05) is 25.2 Å². The molecule has 0 spiro atoms. The zero-order valence-electron chi connectivity index (χ0n) is 15.4. The third-order valence-electron chi connectivity index (χ3n) is 4.07. The van der Waals surface area contributed by atoms with E-state index in [2.05, 4.69) is 0 Å². The van der Waals surface area contributed by atoms with Crippen molar-refractivity contribution in [3.8, 4) is 0 Å². The van der Waals surface area contributed by atoms with E-state index in [0.717, 1.165) is 10.0 Å². The number of benzene rings is 2. The molecule has 1 amide bonds. The summed E-state index contributed by atoms with van der Waals surface area (Å²) in [6.45, 7) is 4.39. The lowest BCUT2D eigenvalue weighted by molar-refractivity contribution is -0.0258. The molecule has 0 unspecified atom stereocenters. The van der Waals surface area contributed by atoms with Crippen molar-refractivity contribution in [1.82, 2.24) is 9.37 Å². The fraction of sp³-hybridized carbons (Fsp3) is 0.316. The van der Waals surface area contributed by atoms with E-state index in [-0.39, 0.29) is 16.8 Å². The lowest BCUT2D eigenvalue weighted by Crippen LogP contribution is -2.36. The average molecular weight is 376 g/mol. The van der Waals surface area contributed by atoms with Crippen LogP contribution < -0.4 is 0 Å². The van der Waals surface area contributed by atoms with Gasteiger partial charge in [-0.15, -0.1) is 0 Å². The maximum Gasteiger partial charge on any atom is 0.264 e. The third-order valence-corrected chi connectivity index (χ3v) is 5.77. The van der Waals surface area contributed by atoms with Gasteiger partial charge in [-0.05, 0) is 43.7 Å². The maximum atomic E-state index is 12.9. The van der Waals surface area contributed by atoms with Gasteiger partial charge in [0.2, 0.25) is 0 Å². The number of amides is 1. The van der Waals surface area contributed by atoms with E-state index in [0.29, 0.717) is 12.1 Å². The molecule has 0 saturated carbocycles. The first-order valence-electron chi connectivity index (χ1n) is 8.25. The first-order valence-corrected chi connectivity index (χ1v) is 9.69. The Morgan fingerprint density at radius 1 is 1.04 bits per heavy atom. The first kappa shape index (κ1) is 20.1. The summed E-state index contributed by atoms with van der Waals surface area (Å²) in [4.78, 5) is 19.5. The first-order chi connectivity index (χ1) is 12.3. The van der Waals surface area contributed by atoms with Crippen molar-refractivity contribution < 1.29 is 18.0 Å². The van der Waals surface area contributed by atoms with Crippen LogP contribution in [0, 0.1) is 0 Å². The van der Waals surface area contributed by atoms with Gasteiger partial charge in [-0.3, -0.25) is 9.63 Å². The molecule has 140 valence electrons. The topological polar surface area (TPSA) is 66.9 Å². The molecule has 0 aliphatic rings. The van der Waals surface area contributed by atoms with E-state index in [9.17, 15) is 13.2 Å². The van der Waals surface area contributed by atoms with E-state index in [1.165, 1.54) is 38.4 Å². The molecule has 0 atom stereocenters. The van der Waals surface area contributed by atoms with Gasteiger partial charge in [0.05, 0.1) is 12.0 Å². The van der Waals surface area contributed by atoms with Gasteiger partial charge in [-0.1, -0.05) is 34.8 Å². The lowest BCUT2D eigenvalue weighted by Gasteiger charge is -2.27. The van der Waals surface area contributed by atoms with Crippen molar-refractivity contribution in [3.63, 3.8) is 0 Å².